The van der Waals surface area contributed by atoms with Crippen LogP contribution in [-0.4, -0.2) is 27.4 Å². The van der Waals surface area contributed by atoms with Gasteiger partial charge in [-0.05, 0) is 208 Å². The summed E-state index contributed by atoms with van der Waals surface area (Å²) in [6, 6.07) is 164. The number of fused-ring (bicyclic) bond motifs is 30. The molecule has 8 aromatic heterocycles. The van der Waals surface area contributed by atoms with Gasteiger partial charge in [-0.15, -0.1) is 22.7 Å². The Morgan fingerprint density at radius 2 is 0.450 bits per heavy atom. The summed E-state index contributed by atoms with van der Waals surface area (Å²) < 4.78 is 19.9. The van der Waals surface area contributed by atoms with Crippen molar-refractivity contribution in [1.82, 2.24) is 27.4 Å². The van der Waals surface area contributed by atoms with E-state index in [4.69, 9.17) is 0 Å². The molecule has 1 aliphatic carbocycles. The van der Waals surface area contributed by atoms with E-state index in [1.165, 1.54) is 250 Å². The van der Waals surface area contributed by atoms with Crippen LogP contribution in [0.5, 0.6) is 0 Å². The lowest BCUT2D eigenvalue weighted by Gasteiger charge is -2.24. The van der Waals surface area contributed by atoms with E-state index in [-0.39, 0.29) is 5.41 Å². The number of thiophene rings is 2. The summed E-state index contributed by atoms with van der Waals surface area (Å²) in [7, 11) is 0. The molecule has 0 bridgehead atoms. The third kappa shape index (κ3) is 11.3. The van der Waals surface area contributed by atoms with Gasteiger partial charge in [-0.2, -0.15) is 0 Å². The maximum Gasteiger partial charge on any atom is 0.0548 e. The van der Waals surface area contributed by atoms with Gasteiger partial charge in [0.05, 0.1) is 66.2 Å². The van der Waals surface area contributed by atoms with Gasteiger partial charge in [0.2, 0.25) is 0 Å². The van der Waals surface area contributed by atoms with E-state index >= 15 is 0 Å². The first kappa shape index (κ1) is 74.8. The summed E-state index contributed by atoms with van der Waals surface area (Å²) in [6.07, 6.45) is 0. The molecule has 8 heteroatoms. The molecule has 28 aromatic rings. The highest BCUT2D eigenvalue weighted by molar-refractivity contribution is 7.26. The van der Waals surface area contributed by atoms with Crippen molar-refractivity contribution in [2.45, 2.75) is 19.3 Å². The standard InChI is InChI=1S/C45H32N2.C42H26N2S.C36H22N2S/c1-45(2)37-20-9-6-15-33(37)34-19-12-18-32(44(34)45)29-23-25-31(26-24-29)47-39-22-11-8-17-36(39)43-41(47)28-27-40-42(43)35-16-7-10-21-38(35)46(40)30-13-4-3-5-14-30;1-2-11-28(12-3-1)43-35-18-7-4-14-33(35)40-37(43)25-26-38-41(40)34-15-5-8-19-36(34)44(38)29-23-21-27(22-24-29)30-16-10-17-32-31-13-6-9-20-39(31)45-42(30)32;1-2-10-23(11-3-1)37-29-15-7-4-13-26(29)35-31(37)19-20-32-36(35)27-14-5-8-16-30(27)38(32)24-18-21-34-28(22-24)25-12-6-9-17-33(25)39-34/h3-28H,1-2H3;1-26H;1-22H. The van der Waals surface area contributed by atoms with Gasteiger partial charge in [0, 0.05) is 145 Å². The summed E-state index contributed by atoms with van der Waals surface area (Å²) >= 11 is 3.75. The topological polar surface area (TPSA) is 29.6 Å². The van der Waals surface area contributed by atoms with E-state index in [9.17, 15) is 0 Å². The van der Waals surface area contributed by atoms with Crippen LogP contribution in [0.4, 0.5) is 0 Å². The first-order chi connectivity index (χ1) is 64.8. The Kier molecular flexibility index (Phi) is 16.8. The van der Waals surface area contributed by atoms with Gasteiger partial charge in [-0.3, -0.25) is 0 Å². The molecule has 20 aromatic carbocycles. The maximum absolute atomic E-state index is 2.45. The first-order valence-corrected chi connectivity index (χ1v) is 46.8. The Labute approximate surface area is 762 Å². The normalized spacial score (nSPS) is 12.6. The molecule has 0 amide bonds. The lowest BCUT2D eigenvalue weighted by Crippen LogP contribution is -2.16. The molecule has 0 radical (unpaired) electrons. The Balaban J connectivity index is 0.000000101. The Bertz CT molecular complexity index is 9560. The zero-order chi connectivity index (χ0) is 86.3. The zero-order valence-corrected chi connectivity index (χ0v) is 73.4. The van der Waals surface area contributed by atoms with Crippen LogP contribution in [0.25, 0.3) is 239 Å². The van der Waals surface area contributed by atoms with Gasteiger partial charge in [0.15, 0.2) is 0 Å². The third-order valence-corrected chi connectivity index (χ3v) is 30.3. The summed E-state index contributed by atoms with van der Waals surface area (Å²) in [5, 5.41) is 20.8. The van der Waals surface area contributed by atoms with Gasteiger partial charge in [0.1, 0.15) is 0 Å². The number of benzene rings is 20. The van der Waals surface area contributed by atoms with Gasteiger partial charge in [-0.1, -0.05) is 299 Å². The van der Waals surface area contributed by atoms with E-state index in [1.54, 1.807) is 0 Å². The van der Waals surface area contributed by atoms with Crippen LogP contribution in [0, 0.1) is 0 Å². The second-order valence-corrected chi connectivity index (χ2v) is 37.4. The molecule has 0 N–H and O–H groups in total. The fraction of sp³-hybridized carbons (Fsp3) is 0.0244. The van der Waals surface area contributed by atoms with Crippen molar-refractivity contribution in [3.8, 4) is 67.5 Å². The van der Waals surface area contributed by atoms with Crippen LogP contribution >= 0.6 is 22.7 Å². The quantitative estimate of drug-likeness (QED) is 0.145. The zero-order valence-electron chi connectivity index (χ0n) is 71.7. The summed E-state index contributed by atoms with van der Waals surface area (Å²) in [4.78, 5) is 0. The number of rotatable bonds is 8. The van der Waals surface area contributed by atoms with Crippen LogP contribution in [0.2, 0.25) is 0 Å². The molecule has 6 nitrogen and oxygen atoms in total. The number of aromatic nitrogens is 6. The minimum atomic E-state index is -0.0572. The second-order valence-electron chi connectivity index (χ2n) is 35.2. The predicted molar refractivity (Wildman–Crippen MR) is 560 cm³/mol. The average Bonchev–Trinajstić information content (AvgIpc) is 1.61. The summed E-state index contributed by atoms with van der Waals surface area (Å²) in [5.74, 6) is 0. The summed E-state index contributed by atoms with van der Waals surface area (Å²) in [5.41, 5.74) is 32.4. The first-order valence-electron chi connectivity index (χ1n) is 45.1. The lowest BCUT2D eigenvalue weighted by atomic mass is 9.79. The van der Waals surface area contributed by atoms with Gasteiger partial charge >= 0.3 is 0 Å². The molecule has 131 heavy (non-hydrogen) atoms. The SMILES string of the molecule is CC1(C)c2ccccc2-c2cccc(-c3ccc(-n4c5ccccc5c5c6c7ccccc7n(-c7ccccc7)c6ccc54)cc3)c21.c1ccc(-n2c3ccccc3c3c4c5ccccc5n(-c5ccc(-c6cccc7c6sc6ccccc67)cc5)c4ccc32)cc1.c1ccc(-n2c3ccccc3c3c4c5ccccc5n(-c5ccc6sc7ccccc7c6c5)c4ccc32)cc1. The molecule has 0 fully saturated rings. The molecule has 29 rings (SSSR count). The van der Waals surface area contributed by atoms with Crippen molar-refractivity contribution >= 4 is 194 Å². The predicted octanol–water partition coefficient (Wildman–Crippen LogP) is 34.0. The molecule has 8 heterocycles. The van der Waals surface area contributed by atoms with Gasteiger partial charge in [0.25, 0.3) is 0 Å². The molecule has 614 valence electrons. The smallest absolute Gasteiger partial charge is 0.0548 e. The summed E-state index contributed by atoms with van der Waals surface area (Å²) in [6.45, 7) is 4.73. The van der Waals surface area contributed by atoms with E-state index in [1.807, 2.05) is 22.7 Å². The van der Waals surface area contributed by atoms with Crippen LogP contribution in [0.3, 0.4) is 0 Å². The van der Waals surface area contributed by atoms with Crippen LogP contribution in [-0.2, 0) is 5.41 Å². The van der Waals surface area contributed by atoms with Crippen molar-refractivity contribution < 1.29 is 0 Å². The van der Waals surface area contributed by atoms with E-state index < -0.39 is 0 Å². The Morgan fingerprint density at radius 3 is 0.863 bits per heavy atom. The van der Waals surface area contributed by atoms with E-state index in [0.717, 1.165) is 0 Å². The fourth-order valence-corrected chi connectivity index (χ4v) is 24.8. The number of para-hydroxylation sites is 9. The van der Waals surface area contributed by atoms with Crippen LogP contribution in [0.1, 0.15) is 25.0 Å². The molecular weight excluding hydrogens is 1630 g/mol. The Hall–Kier alpha value is -16.4. The fourth-order valence-electron chi connectivity index (χ4n) is 22.5. The monoisotopic (exact) mass is 1700 g/mol. The molecule has 0 saturated carbocycles. The molecular formula is C123H80N6S2. The van der Waals surface area contributed by atoms with E-state index in [2.05, 4.69) is 490 Å². The minimum absolute atomic E-state index is 0.0572. The largest absolute Gasteiger partial charge is 0.309 e. The number of nitrogens with zero attached hydrogens (tertiary/aromatic N) is 6. The highest BCUT2D eigenvalue weighted by Gasteiger charge is 2.38. The van der Waals surface area contributed by atoms with Crippen molar-refractivity contribution in [2.75, 3.05) is 0 Å². The third-order valence-electron chi connectivity index (χ3n) is 27.9. The molecule has 0 atom stereocenters. The van der Waals surface area contributed by atoms with Crippen molar-refractivity contribution in [2.24, 2.45) is 0 Å². The highest BCUT2D eigenvalue weighted by atomic mass is 32.1. The second kappa shape index (κ2) is 29.4. The van der Waals surface area contributed by atoms with Crippen LogP contribution < -0.4 is 0 Å². The number of hydrogen-bond acceptors (Lipinski definition) is 2. The molecule has 0 aliphatic heterocycles. The number of hydrogen-bond donors (Lipinski definition) is 0. The average molecular weight is 1710 g/mol. The molecule has 0 saturated heterocycles. The van der Waals surface area contributed by atoms with E-state index in [0.29, 0.717) is 0 Å². The minimum Gasteiger partial charge on any atom is -0.309 e. The van der Waals surface area contributed by atoms with Gasteiger partial charge < -0.3 is 27.4 Å². The highest BCUT2D eigenvalue weighted by Crippen LogP contribution is 2.54. The molecule has 0 spiro atoms. The van der Waals surface area contributed by atoms with Crippen molar-refractivity contribution in [1.29, 1.82) is 0 Å². The molecule has 1 aliphatic rings. The lowest BCUT2D eigenvalue weighted by molar-refractivity contribution is 0.662. The van der Waals surface area contributed by atoms with Crippen LogP contribution in [0.15, 0.2) is 449 Å². The maximum atomic E-state index is 2.45. The van der Waals surface area contributed by atoms with Crippen molar-refractivity contribution in [3.63, 3.8) is 0 Å². The molecule has 0 unspecified atom stereocenters. The Morgan fingerprint density at radius 1 is 0.176 bits per heavy atom. The van der Waals surface area contributed by atoms with Gasteiger partial charge in [-0.25, -0.2) is 0 Å². The van der Waals surface area contributed by atoms with Crippen molar-refractivity contribution in [3.05, 3.63) is 460 Å².